The number of carbonyl (C=O) groups excluding carboxylic acids is 2. The molecule has 7 heteroatoms. The number of rotatable bonds is 6. The van der Waals surface area contributed by atoms with Gasteiger partial charge < -0.3 is 14.7 Å². The van der Waals surface area contributed by atoms with Crippen molar-refractivity contribution in [1.82, 2.24) is 4.90 Å². The monoisotopic (exact) mass is 471 g/mol. The van der Waals surface area contributed by atoms with Crippen LogP contribution in [0, 0.1) is 13.8 Å². The van der Waals surface area contributed by atoms with Crippen molar-refractivity contribution in [3.8, 4) is 5.75 Å². The number of aldehydes is 1. The van der Waals surface area contributed by atoms with E-state index in [2.05, 4.69) is 12.1 Å². The Balaban J connectivity index is 0.000000321. The Morgan fingerprint density at radius 3 is 2.15 bits per heavy atom. The van der Waals surface area contributed by atoms with E-state index >= 15 is 0 Å². The first-order valence-electron chi connectivity index (χ1n) is 10.9. The number of aryl methyl sites for hydroxylation is 2. The van der Waals surface area contributed by atoms with Crippen LogP contribution in [0.2, 0.25) is 0 Å². The number of likely N-dealkylation sites (tertiary alicyclic amines) is 1. The average Bonchev–Trinajstić information content (AvgIpc) is 3.27. The Morgan fingerprint density at radius 2 is 1.73 bits per heavy atom. The largest absolute Gasteiger partial charge is 0.478 e. The number of aliphatic carboxylic acids is 1. The molecule has 0 aliphatic carbocycles. The Hall–Kier alpha value is -2.80. The van der Waals surface area contributed by atoms with Gasteiger partial charge in [-0.25, -0.2) is 4.79 Å². The van der Waals surface area contributed by atoms with E-state index < -0.39 is 11.6 Å². The summed E-state index contributed by atoms with van der Waals surface area (Å²) < 4.78 is 5.74. The molecule has 33 heavy (non-hydrogen) atoms. The number of hydrogen-bond acceptors (Lipinski definition) is 5. The second-order valence-electron chi connectivity index (χ2n) is 8.74. The van der Waals surface area contributed by atoms with Crippen LogP contribution in [0.5, 0.6) is 5.75 Å². The Morgan fingerprint density at radius 1 is 1.15 bits per heavy atom. The summed E-state index contributed by atoms with van der Waals surface area (Å²) in [5.41, 5.74) is 2.50. The molecule has 6 nitrogen and oxygen atoms in total. The number of amides is 1. The van der Waals surface area contributed by atoms with Crippen molar-refractivity contribution >= 4 is 29.9 Å². The SMILES string of the molecule is CC(=O)N1CCC(c2cc(C)c(OC(C)(C)C(=O)O)c(C)c2)C1.CSc1ccc(C=O)cc1. The first-order valence-corrected chi connectivity index (χ1v) is 12.1. The molecule has 1 aliphatic heterocycles. The van der Waals surface area contributed by atoms with Crippen LogP contribution in [0.15, 0.2) is 41.3 Å². The summed E-state index contributed by atoms with van der Waals surface area (Å²) in [6.45, 7) is 10.1. The molecule has 2 aromatic rings. The minimum atomic E-state index is -1.27. The van der Waals surface area contributed by atoms with Crippen LogP contribution < -0.4 is 4.74 Å². The van der Waals surface area contributed by atoms with Crippen LogP contribution >= 0.6 is 11.8 Å². The highest BCUT2D eigenvalue weighted by molar-refractivity contribution is 7.98. The van der Waals surface area contributed by atoms with E-state index in [1.165, 1.54) is 10.5 Å². The third-order valence-electron chi connectivity index (χ3n) is 5.71. The van der Waals surface area contributed by atoms with Gasteiger partial charge in [0.15, 0.2) is 5.60 Å². The predicted molar refractivity (Wildman–Crippen MR) is 131 cm³/mol. The maximum atomic E-state index is 11.5. The zero-order valence-corrected chi connectivity index (χ0v) is 21.0. The highest BCUT2D eigenvalue weighted by Gasteiger charge is 2.31. The molecule has 3 rings (SSSR count). The second-order valence-corrected chi connectivity index (χ2v) is 9.62. The zero-order chi connectivity index (χ0) is 24.8. The van der Waals surface area contributed by atoms with Gasteiger partial charge in [-0.3, -0.25) is 9.59 Å². The van der Waals surface area contributed by atoms with Gasteiger partial charge in [-0.05, 0) is 69.2 Å². The van der Waals surface area contributed by atoms with E-state index in [0.717, 1.165) is 42.5 Å². The zero-order valence-electron chi connectivity index (χ0n) is 20.2. The number of nitrogens with zero attached hydrogens (tertiary/aromatic N) is 1. The lowest BCUT2D eigenvalue weighted by molar-refractivity contribution is -0.152. The summed E-state index contributed by atoms with van der Waals surface area (Å²) in [4.78, 5) is 36.0. The van der Waals surface area contributed by atoms with Crippen molar-refractivity contribution in [3.05, 3.63) is 58.7 Å². The molecule has 1 amide bonds. The molecule has 1 saturated heterocycles. The van der Waals surface area contributed by atoms with Crippen LogP contribution in [-0.2, 0) is 9.59 Å². The van der Waals surface area contributed by atoms with Gasteiger partial charge in [-0.1, -0.05) is 24.3 Å². The van der Waals surface area contributed by atoms with Crippen LogP contribution in [0.25, 0.3) is 0 Å². The van der Waals surface area contributed by atoms with E-state index in [4.69, 9.17) is 4.74 Å². The number of ether oxygens (including phenoxy) is 1. The number of carboxylic acids is 1. The molecule has 0 radical (unpaired) electrons. The molecule has 0 spiro atoms. The minimum absolute atomic E-state index is 0.115. The summed E-state index contributed by atoms with van der Waals surface area (Å²) in [7, 11) is 0. The summed E-state index contributed by atoms with van der Waals surface area (Å²) in [6.07, 6.45) is 3.82. The van der Waals surface area contributed by atoms with Crippen molar-refractivity contribution in [1.29, 1.82) is 0 Å². The molecule has 2 aromatic carbocycles. The standard InChI is InChI=1S/C18H25NO4.C8H8OS/c1-11-8-15(14-6-7-19(10-14)13(3)20)9-12(2)16(11)23-18(4,5)17(21)22;1-10-8-4-2-7(6-9)3-5-8/h8-9,14H,6-7,10H2,1-5H3,(H,21,22);2-6H,1H3. The van der Waals surface area contributed by atoms with Gasteiger partial charge in [-0.15, -0.1) is 11.8 Å². The second kappa shape index (κ2) is 11.4. The van der Waals surface area contributed by atoms with E-state index in [-0.39, 0.29) is 5.91 Å². The Labute approximate surface area is 200 Å². The molecule has 1 N–H and O–H groups in total. The minimum Gasteiger partial charge on any atom is -0.478 e. The number of hydrogen-bond donors (Lipinski definition) is 1. The highest BCUT2D eigenvalue weighted by Crippen LogP contribution is 2.34. The van der Waals surface area contributed by atoms with E-state index in [0.29, 0.717) is 11.7 Å². The van der Waals surface area contributed by atoms with Gasteiger partial charge >= 0.3 is 5.97 Å². The van der Waals surface area contributed by atoms with Crippen molar-refractivity contribution in [2.45, 2.75) is 57.5 Å². The Bertz CT molecular complexity index is 977. The van der Waals surface area contributed by atoms with Crippen molar-refractivity contribution in [2.75, 3.05) is 19.3 Å². The van der Waals surface area contributed by atoms with Gasteiger partial charge in [0.2, 0.25) is 5.91 Å². The number of carbonyl (C=O) groups is 3. The van der Waals surface area contributed by atoms with Crippen molar-refractivity contribution in [2.24, 2.45) is 0 Å². The fourth-order valence-corrected chi connectivity index (χ4v) is 4.09. The Kier molecular flexibility index (Phi) is 9.11. The number of carboxylic acid groups (broad SMARTS) is 1. The van der Waals surface area contributed by atoms with Gasteiger partial charge in [0.25, 0.3) is 0 Å². The van der Waals surface area contributed by atoms with Crippen LogP contribution in [-0.4, -0.2) is 53.1 Å². The molecular formula is C26H33NO5S. The number of benzene rings is 2. The maximum absolute atomic E-state index is 11.5. The van der Waals surface area contributed by atoms with Crippen LogP contribution in [0.3, 0.4) is 0 Å². The molecule has 1 unspecified atom stereocenters. The molecule has 178 valence electrons. The van der Waals surface area contributed by atoms with Crippen molar-refractivity contribution < 1.29 is 24.2 Å². The maximum Gasteiger partial charge on any atom is 0.347 e. The molecule has 1 aliphatic rings. The summed E-state index contributed by atoms with van der Waals surface area (Å²) in [6, 6.07) is 11.6. The lowest BCUT2D eigenvalue weighted by atomic mass is 9.94. The van der Waals surface area contributed by atoms with Gasteiger partial charge in [0.05, 0.1) is 0 Å². The molecule has 1 heterocycles. The molecule has 1 fully saturated rings. The molecule has 0 aromatic heterocycles. The van der Waals surface area contributed by atoms with E-state index in [1.54, 1.807) is 32.5 Å². The van der Waals surface area contributed by atoms with E-state index in [9.17, 15) is 19.5 Å². The fourth-order valence-electron chi connectivity index (χ4n) is 3.68. The lowest BCUT2D eigenvalue weighted by Crippen LogP contribution is -2.38. The van der Waals surface area contributed by atoms with Crippen molar-refractivity contribution in [3.63, 3.8) is 0 Å². The topological polar surface area (TPSA) is 83.9 Å². The summed E-state index contributed by atoms with van der Waals surface area (Å²) in [5.74, 6) is 0.0813. The lowest BCUT2D eigenvalue weighted by Gasteiger charge is -2.25. The third-order valence-corrected chi connectivity index (χ3v) is 6.46. The van der Waals surface area contributed by atoms with E-state index in [1.807, 2.05) is 49.3 Å². The smallest absolute Gasteiger partial charge is 0.347 e. The van der Waals surface area contributed by atoms with Gasteiger partial charge in [-0.2, -0.15) is 0 Å². The molecule has 1 atom stereocenters. The first-order chi connectivity index (χ1) is 15.5. The van der Waals surface area contributed by atoms with Crippen LogP contribution in [0.1, 0.15) is 60.2 Å². The molecular weight excluding hydrogens is 438 g/mol. The normalized spacial score (nSPS) is 15.5. The molecule has 0 bridgehead atoms. The van der Waals surface area contributed by atoms with Gasteiger partial charge in [0.1, 0.15) is 12.0 Å². The van der Waals surface area contributed by atoms with Crippen LogP contribution in [0.4, 0.5) is 0 Å². The quantitative estimate of drug-likeness (QED) is 0.466. The highest BCUT2D eigenvalue weighted by atomic mass is 32.2. The number of thioether (sulfide) groups is 1. The third kappa shape index (κ3) is 7.09. The summed E-state index contributed by atoms with van der Waals surface area (Å²) >= 11 is 1.67. The van der Waals surface area contributed by atoms with Gasteiger partial charge in [0, 0.05) is 36.4 Å². The fraction of sp³-hybridized carbons (Fsp3) is 0.423. The summed E-state index contributed by atoms with van der Waals surface area (Å²) in [5, 5.41) is 9.23. The first kappa shape index (κ1) is 26.5. The average molecular weight is 472 g/mol. The molecule has 0 saturated carbocycles. The predicted octanol–water partition coefficient (Wildman–Crippen LogP) is 5.10.